The lowest BCUT2D eigenvalue weighted by molar-refractivity contribution is 0.413. The lowest BCUT2D eigenvalue weighted by Gasteiger charge is -2.28. The molecule has 1 saturated carbocycles. The largest absolute Gasteiger partial charge is 0.497 e. The standard InChI is InChI=1S/C17H21NO3S2/c1-21-15-5-4-6-16(11-15)23(19,20)18-13-17(8-2-3-9-17)14-7-10-22-12-14/h4-7,10-12,18H,2-3,8-9,13H2,1H3. The summed E-state index contributed by atoms with van der Waals surface area (Å²) in [6.45, 7) is 0.448. The predicted octanol–water partition coefficient (Wildman–Crippen LogP) is 3.55. The molecule has 3 rings (SSSR count). The SMILES string of the molecule is COc1cccc(S(=O)(=O)NCC2(c3ccsc3)CCCC2)c1. The normalized spacial score (nSPS) is 17.3. The van der Waals surface area contributed by atoms with E-state index in [-0.39, 0.29) is 10.3 Å². The van der Waals surface area contributed by atoms with Gasteiger partial charge in [-0.15, -0.1) is 0 Å². The van der Waals surface area contributed by atoms with E-state index in [1.807, 2.05) is 0 Å². The number of rotatable bonds is 6. The lowest BCUT2D eigenvalue weighted by Crippen LogP contribution is -2.38. The predicted molar refractivity (Wildman–Crippen MR) is 92.6 cm³/mol. The van der Waals surface area contributed by atoms with Gasteiger partial charge in [0.25, 0.3) is 0 Å². The molecule has 1 aromatic heterocycles. The first-order chi connectivity index (χ1) is 11.1. The molecule has 1 heterocycles. The van der Waals surface area contributed by atoms with Crippen LogP contribution in [0.1, 0.15) is 31.2 Å². The fraction of sp³-hybridized carbons (Fsp3) is 0.412. The molecule has 0 unspecified atom stereocenters. The Morgan fingerprint density at radius 2 is 2.04 bits per heavy atom. The molecule has 0 bridgehead atoms. The first-order valence-electron chi connectivity index (χ1n) is 7.72. The van der Waals surface area contributed by atoms with E-state index in [0.29, 0.717) is 12.3 Å². The van der Waals surface area contributed by atoms with Crippen LogP contribution in [-0.2, 0) is 15.4 Å². The van der Waals surface area contributed by atoms with Crippen molar-refractivity contribution in [2.75, 3.05) is 13.7 Å². The van der Waals surface area contributed by atoms with Crippen molar-refractivity contribution in [1.82, 2.24) is 4.72 Å². The maximum atomic E-state index is 12.6. The summed E-state index contributed by atoms with van der Waals surface area (Å²) in [6.07, 6.45) is 4.36. The number of ether oxygens (including phenoxy) is 1. The molecule has 124 valence electrons. The van der Waals surface area contributed by atoms with Crippen molar-refractivity contribution in [3.8, 4) is 5.75 Å². The number of methoxy groups -OCH3 is 1. The highest BCUT2D eigenvalue weighted by atomic mass is 32.2. The van der Waals surface area contributed by atoms with Crippen molar-refractivity contribution in [2.45, 2.75) is 36.0 Å². The van der Waals surface area contributed by atoms with Crippen LogP contribution in [0, 0.1) is 0 Å². The number of sulfonamides is 1. The molecule has 0 spiro atoms. The van der Waals surface area contributed by atoms with E-state index < -0.39 is 10.0 Å². The van der Waals surface area contributed by atoms with E-state index in [4.69, 9.17) is 4.74 Å². The van der Waals surface area contributed by atoms with Crippen LogP contribution in [0.2, 0.25) is 0 Å². The second kappa shape index (κ2) is 6.63. The molecular formula is C17H21NO3S2. The topological polar surface area (TPSA) is 55.4 Å². The van der Waals surface area contributed by atoms with Crippen molar-refractivity contribution < 1.29 is 13.2 Å². The van der Waals surface area contributed by atoms with Gasteiger partial charge in [0.1, 0.15) is 5.75 Å². The molecule has 4 nitrogen and oxygen atoms in total. The van der Waals surface area contributed by atoms with Gasteiger partial charge in [-0.05, 0) is 47.4 Å². The Hall–Kier alpha value is -1.37. The molecule has 1 aromatic carbocycles. The van der Waals surface area contributed by atoms with E-state index in [0.717, 1.165) is 25.7 Å². The average molecular weight is 351 g/mol. The van der Waals surface area contributed by atoms with Gasteiger partial charge in [-0.1, -0.05) is 18.9 Å². The maximum absolute atomic E-state index is 12.6. The zero-order valence-electron chi connectivity index (χ0n) is 13.1. The molecule has 0 aliphatic heterocycles. The Labute approximate surface area is 141 Å². The molecule has 0 amide bonds. The van der Waals surface area contributed by atoms with Gasteiger partial charge in [0.05, 0.1) is 12.0 Å². The molecular weight excluding hydrogens is 330 g/mol. The summed E-state index contributed by atoms with van der Waals surface area (Å²) in [7, 11) is -2.01. The molecule has 23 heavy (non-hydrogen) atoms. The van der Waals surface area contributed by atoms with Gasteiger partial charge < -0.3 is 4.74 Å². The molecule has 0 radical (unpaired) electrons. The van der Waals surface area contributed by atoms with Crippen LogP contribution in [0.15, 0.2) is 46.0 Å². The Bertz CT molecular complexity index is 748. The number of benzene rings is 1. The van der Waals surface area contributed by atoms with Crippen molar-refractivity contribution in [3.05, 3.63) is 46.7 Å². The minimum absolute atomic E-state index is 0.0636. The van der Waals surface area contributed by atoms with Crippen molar-refractivity contribution in [1.29, 1.82) is 0 Å². The summed E-state index contributed by atoms with van der Waals surface area (Å²) in [6, 6.07) is 8.70. The Morgan fingerprint density at radius 3 is 2.70 bits per heavy atom. The van der Waals surface area contributed by atoms with Crippen LogP contribution < -0.4 is 9.46 Å². The van der Waals surface area contributed by atoms with Gasteiger partial charge in [0.15, 0.2) is 0 Å². The van der Waals surface area contributed by atoms with Gasteiger partial charge in [0.2, 0.25) is 10.0 Å². The third-order valence-electron chi connectivity index (χ3n) is 4.65. The van der Waals surface area contributed by atoms with E-state index in [1.165, 1.54) is 12.7 Å². The van der Waals surface area contributed by atoms with Gasteiger partial charge >= 0.3 is 0 Å². The second-order valence-electron chi connectivity index (χ2n) is 6.00. The van der Waals surface area contributed by atoms with Gasteiger partial charge in [-0.3, -0.25) is 0 Å². The number of hydrogen-bond donors (Lipinski definition) is 1. The molecule has 1 fully saturated rings. The summed E-state index contributed by atoms with van der Waals surface area (Å²) in [5, 5.41) is 4.21. The lowest BCUT2D eigenvalue weighted by atomic mass is 9.81. The zero-order valence-corrected chi connectivity index (χ0v) is 14.8. The van der Waals surface area contributed by atoms with Gasteiger partial charge in [0, 0.05) is 18.0 Å². The Balaban J connectivity index is 1.80. The van der Waals surface area contributed by atoms with E-state index in [2.05, 4.69) is 21.5 Å². The fourth-order valence-corrected chi connectivity index (χ4v) is 5.21. The van der Waals surface area contributed by atoms with Crippen molar-refractivity contribution >= 4 is 21.4 Å². The molecule has 0 atom stereocenters. The van der Waals surface area contributed by atoms with E-state index >= 15 is 0 Å². The molecule has 2 aromatic rings. The highest BCUT2D eigenvalue weighted by Gasteiger charge is 2.37. The molecule has 6 heteroatoms. The van der Waals surface area contributed by atoms with Crippen LogP contribution in [0.5, 0.6) is 5.75 Å². The van der Waals surface area contributed by atoms with Crippen molar-refractivity contribution in [3.63, 3.8) is 0 Å². The second-order valence-corrected chi connectivity index (χ2v) is 8.55. The average Bonchev–Trinajstić information content (AvgIpc) is 3.25. The number of thiophene rings is 1. The Morgan fingerprint density at radius 1 is 1.26 bits per heavy atom. The zero-order chi connectivity index (χ0) is 16.3. The third-order valence-corrected chi connectivity index (χ3v) is 6.73. The van der Waals surface area contributed by atoms with Crippen LogP contribution in [0.3, 0.4) is 0 Å². The van der Waals surface area contributed by atoms with Gasteiger partial charge in [-0.2, -0.15) is 11.3 Å². The maximum Gasteiger partial charge on any atom is 0.240 e. The summed E-state index contributed by atoms with van der Waals surface area (Å²) >= 11 is 1.67. The molecule has 0 saturated heterocycles. The Kier molecular flexibility index (Phi) is 4.75. The highest BCUT2D eigenvalue weighted by molar-refractivity contribution is 7.89. The van der Waals surface area contributed by atoms with Crippen LogP contribution in [-0.4, -0.2) is 22.1 Å². The molecule has 1 aliphatic carbocycles. The highest BCUT2D eigenvalue weighted by Crippen LogP contribution is 2.41. The minimum Gasteiger partial charge on any atom is -0.497 e. The van der Waals surface area contributed by atoms with E-state index in [1.54, 1.807) is 35.6 Å². The van der Waals surface area contributed by atoms with Crippen LogP contribution >= 0.6 is 11.3 Å². The van der Waals surface area contributed by atoms with Crippen LogP contribution in [0.4, 0.5) is 0 Å². The number of hydrogen-bond acceptors (Lipinski definition) is 4. The fourth-order valence-electron chi connectivity index (χ4n) is 3.27. The summed E-state index contributed by atoms with van der Waals surface area (Å²) in [4.78, 5) is 0.246. The van der Waals surface area contributed by atoms with Crippen molar-refractivity contribution in [2.24, 2.45) is 0 Å². The summed E-state index contributed by atoms with van der Waals surface area (Å²) in [5.74, 6) is 0.543. The third kappa shape index (κ3) is 3.44. The minimum atomic E-state index is -3.54. The first-order valence-corrected chi connectivity index (χ1v) is 10.1. The molecule has 1 N–H and O–H groups in total. The van der Waals surface area contributed by atoms with E-state index in [9.17, 15) is 8.42 Å². The van der Waals surface area contributed by atoms with Crippen LogP contribution in [0.25, 0.3) is 0 Å². The summed E-state index contributed by atoms with van der Waals surface area (Å²) < 4.78 is 33.1. The quantitative estimate of drug-likeness (QED) is 0.866. The summed E-state index contributed by atoms with van der Waals surface area (Å²) in [5.41, 5.74) is 1.19. The smallest absolute Gasteiger partial charge is 0.240 e. The number of nitrogens with one attached hydrogen (secondary N) is 1. The molecule has 1 aliphatic rings. The first kappa shape index (κ1) is 16.5. The van der Waals surface area contributed by atoms with Gasteiger partial charge in [-0.25, -0.2) is 13.1 Å². The monoisotopic (exact) mass is 351 g/mol.